The number of halogens is 5. The van der Waals surface area contributed by atoms with E-state index in [1.54, 1.807) is 0 Å². The van der Waals surface area contributed by atoms with Gasteiger partial charge in [0.05, 0.1) is 5.56 Å². The Labute approximate surface area is 86.1 Å². The summed E-state index contributed by atoms with van der Waals surface area (Å²) in [5.41, 5.74) is -1.53. The molecule has 0 amide bonds. The molecule has 0 N–H and O–H groups in total. The first-order chi connectivity index (χ1) is 7.33. The summed E-state index contributed by atoms with van der Waals surface area (Å²) in [4.78, 5) is 3.01. The Morgan fingerprint density at radius 1 is 1.31 bits per heavy atom. The predicted octanol–water partition coefficient (Wildman–Crippen LogP) is 2.79. The maximum Gasteiger partial charge on any atom is 0.574 e. The molecule has 0 bridgehead atoms. The van der Waals surface area contributed by atoms with Gasteiger partial charge in [-0.25, -0.2) is 13.8 Å². The van der Waals surface area contributed by atoms with Crippen LogP contribution in [0.25, 0.3) is 0 Å². The van der Waals surface area contributed by atoms with Crippen molar-refractivity contribution in [1.29, 1.82) is 5.26 Å². The highest BCUT2D eigenvalue weighted by atomic mass is 19.4. The molecule has 0 saturated carbocycles. The molecule has 0 saturated heterocycles. The van der Waals surface area contributed by atoms with Gasteiger partial charge in [0.25, 0.3) is 6.43 Å². The summed E-state index contributed by atoms with van der Waals surface area (Å²) in [5.74, 6) is -0.951. The predicted molar refractivity (Wildman–Crippen MR) is 40.6 cm³/mol. The van der Waals surface area contributed by atoms with Crippen molar-refractivity contribution in [2.45, 2.75) is 12.8 Å². The highest BCUT2D eigenvalue weighted by molar-refractivity contribution is 5.35. The van der Waals surface area contributed by atoms with E-state index >= 15 is 0 Å². The van der Waals surface area contributed by atoms with Crippen molar-refractivity contribution < 1.29 is 26.7 Å². The summed E-state index contributed by atoms with van der Waals surface area (Å²) in [7, 11) is 0. The Bertz CT molecular complexity index is 423. The lowest BCUT2D eigenvalue weighted by atomic mass is 10.2. The number of hydrogen-bond acceptors (Lipinski definition) is 3. The van der Waals surface area contributed by atoms with Gasteiger partial charge in [-0.05, 0) is 6.07 Å². The van der Waals surface area contributed by atoms with Crippen molar-refractivity contribution in [3.63, 3.8) is 0 Å². The van der Waals surface area contributed by atoms with Crippen LogP contribution in [0.1, 0.15) is 17.7 Å². The van der Waals surface area contributed by atoms with E-state index < -0.39 is 29.9 Å². The summed E-state index contributed by atoms with van der Waals surface area (Å²) in [6.07, 6.45) is -7.96. The van der Waals surface area contributed by atoms with Gasteiger partial charge in [0.2, 0.25) is 5.88 Å². The maximum absolute atomic E-state index is 12.2. The Morgan fingerprint density at radius 3 is 2.38 bits per heavy atom. The second-order valence-electron chi connectivity index (χ2n) is 2.55. The standard InChI is InChI=1S/C8H3F5N2O/c9-7(10)4-1-2-6(15-5(4)3-14)16-8(11,12)13/h1-2,7H. The van der Waals surface area contributed by atoms with Crippen LogP contribution in [0.3, 0.4) is 0 Å². The minimum absolute atomic E-state index is 0.621. The molecule has 0 spiro atoms. The van der Waals surface area contributed by atoms with E-state index in [-0.39, 0.29) is 0 Å². The van der Waals surface area contributed by atoms with Gasteiger partial charge < -0.3 is 4.74 Å². The van der Waals surface area contributed by atoms with Crippen molar-refractivity contribution in [3.8, 4) is 11.9 Å². The third-order valence-electron chi connectivity index (χ3n) is 1.46. The average Bonchev–Trinajstić information content (AvgIpc) is 2.14. The molecular weight excluding hydrogens is 235 g/mol. The smallest absolute Gasteiger partial charge is 0.388 e. The van der Waals surface area contributed by atoms with E-state index in [1.165, 1.54) is 6.07 Å². The first kappa shape index (κ1) is 12.2. The van der Waals surface area contributed by atoms with Gasteiger partial charge in [-0.15, -0.1) is 13.2 Å². The molecule has 3 nitrogen and oxygen atoms in total. The molecular formula is C8H3F5N2O. The lowest BCUT2D eigenvalue weighted by Gasteiger charge is -2.09. The molecule has 0 unspecified atom stereocenters. The monoisotopic (exact) mass is 238 g/mol. The van der Waals surface area contributed by atoms with Crippen LogP contribution in [0.2, 0.25) is 0 Å². The second-order valence-corrected chi connectivity index (χ2v) is 2.55. The molecule has 1 aromatic heterocycles. The van der Waals surface area contributed by atoms with E-state index in [9.17, 15) is 22.0 Å². The van der Waals surface area contributed by atoms with Gasteiger partial charge in [-0.1, -0.05) is 0 Å². The molecule has 8 heteroatoms. The normalized spacial score (nSPS) is 11.3. The number of pyridine rings is 1. The van der Waals surface area contributed by atoms with Gasteiger partial charge in [-0.3, -0.25) is 0 Å². The molecule has 0 atom stereocenters. The zero-order valence-corrected chi connectivity index (χ0v) is 7.42. The number of ether oxygens (including phenoxy) is 1. The maximum atomic E-state index is 12.2. The zero-order valence-electron chi connectivity index (χ0n) is 7.42. The van der Waals surface area contributed by atoms with Crippen LogP contribution in [-0.2, 0) is 0 Å². The minimum atomic E-state index is -4.98. The summed E-state index contributed by atoms with van der Waals surface area (Å²) < 4.78 is 63.1. The fourth-order valence-corrected chi connectivity index (χ4v) is 0.893. The van der Waals surface area contributed by atoms with E-state index in [1.807, 2.05) is 0 Å². The molecule has 0 fully saturated rings. The molecule has 16 heavy (non-hydrogen) atoms. The largest absolute Gasteiger partial charge is 0.574 e. The molecule has 0 aliphatic heterocycles. The number of rotatable bonds is 2. The van der Waals surface area contributed by atoms with Gasteiger partial charge in [0.15, 0.2) is 5.69 Å². The fourth-order valence-electron chi connectivity index (χ4n) is 0.893. The molecule has 0 aliphatic rings. The van der Waals surface area contributed by atoms with E-state index in [0.717, 1.165) is 0 Å². The third-order valence-corrected chi connectivity index (χ3v) is 1.46. The SMILES string of the molecule is N#Cc1nc(OC(F)(F)F)ccc1C(F)F. The van der Waals surface area contributed by atoms with Crippen LogP contribution >= 0.6 is 0 Å². The van der Waals surface area contributed by atoms with Crippen LogP contribution in [0.5, 0.6) is 5.88 Å². The average molecular weight is 238 g/mol. The quantitative estimate of drug-likeness (QED) is 0.744. The van der Waals surface area contributed by atoms with Crippen molar-refractivity contribution >= 4 is 0 Å². The molecule has 1 heterocycles. The van der Waals surface area contributed by atoms with Crippen LogP contribution in [0, 0.1) is 11.3 Å². The number of hydrogen-bond donors (Lipinski definition) is 0. The first-order valence-electron chi connectivity index (χ1n) is 3.78. The highest BCUT2D eigenvalue weighted by Gasteiger charge is 2.32. The zero-order chi connectivity index (χ0) is 12.3. The van der Waals surface area contributed by atoms with E-state index in [2.05, 4.69) is 9.72 Å². The van der Waals surface area contributed by atoms with Crippen LogP contribution in [0.4, 0.5) is 22.0 Å². The van der Waals surface area contributed by atoms with E-state index in [0.29, 0.717) is 12.1 Å². The number of nitriles is 1. The van der Waals surface area contributed by atoms with Gasteiger partial charge in [-0.2, -0.15) is 5.26 Å². The molecule has 86 valence electrons. The Kier molecular flexibility index (Phi) is 3.27. The molecule has 0 aromatic carbocycles. The fraction of sp³-hybridized carbons (Fsp3) is 0.250. The lowest BCUT2D eigenvalue weighted by molar-refractivity contribution is -0.276. The van der Waals surface area contributed by atoms with Crippen molar-refractivity contribution in [2.75, 3.05) is 0 Å². The molecule has 0 radical (unpaired) electrons. The summed E-state index contributed by atoms with van der Waals surface area (Å²) in [6.45, 7) is 0. The molecule has 0 aliphatic carbocycles. The van der Waals surface area contributed by atoms with Crippen LogP contribution < -0.4 is 4.74 Å². The minimum Gasteiger partial charge on any atom is -0.388 e. The van der Waals surface area contributed by atoms with Gasteiger partial charge in [0, 0.05) is 6.07 Å². The second kappa shape index (κ2) is 4.30. The summed E-state index contributed by atoms with van der Waals surface area (Å²) in [5, 5.41) is 8.41. The number of nitrogens with zero attached hydrogens (tertiary/aromatic N) is 2. The highest BCUT2D eigenvalue weighted by Crippen LogP contribution is 2.26. The topological polar surface area (TPSA) is 45.9 Å². The third kappa shape index (κ3) is 3.05. The van der Waals surface area contributed by atoms with Crippen molar-refractivity contribution in [1.82, 2.24) is 4.98 Å². The molecule has 1 rings (SSSR count). The van der Waals surface area contributed by atoms with Gasteiger partial charge in [0.1, 0.15) is 6.07 Å². The first-order valence-corrected chi connectivity index (χ1v) is 3.78. The molecule has 1 aromatic rings. The lowest BCUT2D eigenvalue weighted by Crippen LogP contribution is -2.18. The van der Waals surface area contributed by atoms with E-state index in [4.69, 9.17) is 5.26 Å². The van der Waals surface area contributed by atoms with Crippen LogP contribution in [-0.4, -0.2) is 11.3 Å². The Morgan fingerprint density at radius 2 is 1.94 bits per heavy atom. The number of aromatic nitrogens is 1. The van der Waals surface area contributed by atoms with Crippen molar-refractivity contribution in [2.24, 2.45) is 0 Å². The van der Waals surface area contributed by atoms with Crippen LogP contribution in [0.15, 0.2) is 12.1 Å². The Balaban J connectivity index is 3.06. The number of alkyl halides is 5. The summed E-state index contributed by atoms with van der Waals surface area (Å²) >= 11 is 0. The van der Waals surface area contributed by atoms with Crippen molar-refractivity contribution in [3.05, 3.63) is 23.4 Å². The summed E-state index contributed by atoms with van der Waals surface area (Å²) in [6, 6.07) is 2.55. The van der Waals surface area contributed by atoms with Gasteiger partial charge >= 0.3 is 6.36 Å². The Hall–Kier alpha value is -1.91.